The summed E-state index contributed by atoms with van der Waals surface area (Å²) >= 11 is 0. The molecule has 0 bridgehead atoms. The Morgan fingerprint density at radius 1 is 1.08 bits per heavy atom. The second-order valence-electron chi connectivity index (χ2n) is 7.02. The molecule has 2 heterocycles. The van der Waals surface area contributed by atoms with Crippen LogP contribution in [-0.4, -0.2) is 87.4 Å². The highest BCUT2D eigenvalue weighted by molar-refractivity contribution is 5.85. The van der Waals surface area contributed by atoms with Crippen LogP contribution in [0.3, 0.4) is 0 Å². The Kier molecular flexibility index (Phi) is 9.77. The Hall–Kier alpha value is -1.34. The summed E-state index contributed by atoms with van der Waals surface area (Å²) in [6.07, 6.45) is 6.73. The minimum absolute atomic E-state index is 0.150. The predicted molar refractivity (Wildman–Crippen MR) is 103 cm³/mol. The second kappa shape index (κ2) is 12.1. The van der Waals surface area contributed by atoms with Crippen molar-refractivity contribution in [3.63, 3.8) is 0 Å². The van der Waals surface area contributed by atoms with E-state index in [1.54, 1.807) is 7.11 Å². The Labute approximate surface area is 158 Å². The standard InChI is InChI=1S/C19H36N4O3/c1-3-20-19(21-16-18(24)22-10-5-4-6-11-22)23-12-8-17(9-13-23)26-15-7-14-25-2/h17H,3-16H2,1-2H3,(H,20,21). The molecule has 0 unspecified atom stereocenters. The Morgan fingerprint density at radius 2 is 1.81 bits per heavy atom. The van der Waals surface area contributed by atoms with Crippen LogP contribution >= 0.6 is 0 Å². The van der Waals surface area contributed by atoms with Crippen LogP contribution in [0.1, 0.15) is 45.4 Å². The topological polar surface area (TPSA) is 66.4 Å². The highest BCUT2D eigenvalue weighted by Gasteiger charge is 2.22. The summed E-state index contributed by atoms with van der Waals surface area (Å²) in [6.45, 7) is 8.23. The zero-order chi connectivity index (χ0) is 18.6. The van der Waals surface area contributed by atoms with E-state index in [-0.39, 0.29) is 12.5 Å². The number of rotatable bonds is 8. The summed E-state index contributed by atoms with van der Waals surface area (Å²) in [4.78, 5) is 21.2. The lowest BCUT2D eigenvalue weighted by Gasteiger charge is -2.34. The van der Waals surface area contributed by atoms with E-state index in [2.05, 4.69) is 22.1 Å². The van der Waals surface area contributed by atoms with E-state index >= 15 is 0 Å². The van der Waals surface area contributed by atoms with E-state index in [0.29, 0.717) is 6.10 Å². The molecule has 1 N–H and O–H groups in total. The van der Waals surface area contributed by atoms with Gasteiger partial charge in [0.05, 0.1) is 6.10 Å². The number of nitrogens with zero attached hydrogens (tertiary/aromatic N) is 3. The first-order chi connectivity index (χ1) is 12.7. The molecule has 7 heteroatoms. The molecular formula is C19H36N4O3. The molecule has 2 aliphatic rings. The highest BCUT2D eigenvalue weighted by atomic mass is 16.5. The Bertz CT molecular complexity index is 431. The minimum atomic E-state index is 0.150. The molecule has 7 nitrogen and oxygen atoms in total. The Balaban J connectivity index is 1.76. The fourth-order valence-electron chi connectivity index (χ4n) is 3.50. The third kappa shape index (κ3) is 7.11. The van der Waals surface area contributed by atoms with Crippen molar-refractivity contribution >= 4 is 11.9 Å². The molecule has 0 atom stereocenters. The molecule has 2 rings (SSSR count). The van der Waals surface area contributed by atoms with E-state index in [4.69, 9.17) is 9.47 Å². The van der Waals surface area contributed by atoms with Gasteiger partial charge in [0, 0.05) is 53.0 Å². The number of aliphatic imine (C=N–C) groups is 1. The number of ether oxygens (including phenoxy) is 2. The lowest BCUT2D eigenvalue weighted by molar-refractivity contribution is -0.130. The van der Waals surface area contributed by atoms with Crippen molar-refractivity contribution in [2.75, 3.05) is 59.6 Å². The number of amides is 1. The monoisotopic (exact) mass is 368 g/mol. The first-order valence-corrected chi connectivity index (χ1v) is 10.2. The van der Waals surface area contributed by atoms with Crippen molar-refractivity contribution in [2.24, 2.45) is 4.99 Å². The van der Waals surface area contributed by atoms with Crippen LogP contribution in [0.2, 0.25) is 0 Å². The van der Waals surface area contributed by atoms with Crippen LogP contribution in [-0.2, 0) is 14.3 Å². The summed E-state index contributed by atoms with van der Waals surface area (Å²) in [5.41, 5.74) is 0. The fraction of sp³-hybridized carbons (Fsp3) is 0.895. The molecule has 2 aliphatic heterocycles. The number of carbonyl (C=O) groups is 1. The van der Waals surface area contributed by atoms with E-state index in [9.17, 15) is 4.79 Å². The van der Waals surface area contributed by atoms with Crippen LogP contribution in [0, 0.1) is 0 Å². The summed E-state index contributed by atoms with van der Waals surface area (Å²) < 4.78 is 11.0. The van der Waals surface area contributed by atoms with Gasteiger partial charge in [-0.1, -0.05) is 0 Å². The van der Waals surface area contributed by atoms with Crippen LogP contribution in [0.15, 0.2) is 4.99 Å². The van der Waals surface area contributed by atoms with Crippen molar-refractivity contribution in [1.29, 1.82) is 0 Å². The van der Waals surface area contributed by atoms with Gasteiger partial charge in [0.1, 0.15) is 6.54 Å². The average molecular weight is 369 g/mol. The van der Waals surface area contributed by atoms with Crippen molar-refractivity contribution < 1.29 is 14.3 Å². The second-order valence-corrected chi connectivity index (χ2v) is 7.02. The summed E-state index contributed by atoms with van der Waals surface area (Å²) in [5, 5.41) is 3.33. The quantitative estimate of drug-likeness (QED) is 0.399. The maximum absolute atomic E-state index is 12.4. The van der Waals surface area contributed by atoms with Crippen molar-refractivity contribution in [1.82, 2.24) is 15.1 Å². The number of likely N-dealkylation sites (tertiary alicyclic amines) is 2. The van der Waals surface area contributed by atoms with Crippen molar-refractivity contribution in [2.45, 2.75) is 51.6 Å². The number of methoxy groups -OCH3 is 1. The minimum Gasteiger partial charge on any atom is -0.385 e. The van der Waals surface area contributed by atoms with E-state index in [0.717, 1.165) is 84.0 Å². The molecule has 0 aliphatic carbocycles. The third-order valence-corrected chi connectivity index (χ3v) is 5.00. The zero-order valence-corrected chi connectivity index (χ0v) is 16.5. The largest absolute Gasteiger partial charge is 0.385 e. The predicted octanol–water partition coefficient (Wildman–Crippen LogP) is 1.48. The third-order valence-electron chi connectivity index (χ3n) is 5.00. The number of hydrogen-bond acceptors (Lipinski definition) is 4. The Morgan fingerprint density at radius 3 is 2.46 bits per heavy atom. The van der Waals surface area contributed by atoms with Gasteiger partial charge in [-0.3, -0.25) is 4.79 Å². The molecule has 2 fully saturated rings. The molecule has 0 aromatic heterocycles. The maximum atomic E-state index is 12.4. The van der Waals surface area contributed by atoms with E-state index < -0.39 is 0 Å². The molecule has 0 radical (unpaired) electrons. The van der Waals surface area contributed by atoms with Crippen LogP contribution < -0.4 is 5.32 Å². The van der Waals surface area contributed by atoms with Crippen molar-refractivity contribution in [3.8, 4) is 0 Å². The fourth-order valence-corrected chi connectivity index (χ4v) is 3.50. The summed E-state index contributed by atoms with van der Waals surface area (Å²) in [6, 6.07) is 0. The normalized spacial score (nSPS) is 19.7. The number of carbonyl (C=O) groups excluding carboxylic acids is 1. The maximum Gasteiger partial charge on any atom is 0.244 e. The van der Waals surface area contributed by atoms with Crippen LogP contribution in [0.25, 0.3) is 0 Å². The SMILES string of the molecule is CCNC(=NCC(=O)N1CCCCC1)N1CCC(OCCCOC)CC1. The number of guanidine groups is 1. The van der Waals surface area contributed by atoms with Gasteiger partial charge in [0.2, 0.25) is 5.91 Å². The molecule has 1 amide bonds. The molecule has 150 valence electrons. The van der Waals surface area contributed by atoms with Gasteiger partial charge in [0.15, 0.2) is 5.96 Å². The first-order valence-electron chi connectivity index (χ1n) is 10.2. The molecule has 2 saturated heterocycles. The summed E-state index contributed by atoms with van der Waals surface area (Å²) in [5.74, 6) is 1.01. The number of hydrogen-bond donors (Lipinski definition) is 1. The van der Waals surface area contributed by atoms with Crippen LogP contribution in [0.4, 0.5) is 0 Å². The molecule has 0 aromatic rings. The lowest BCUT2D eigenvalue weighted by Crippen LogP contribution is -2.47. The van der Waals surface area contributed by atoms with Gasteiger partial charge in [-0.2, -0.15) is 0 Å². The van der Waals surface area contributed by atoms with Crippen LogP contribution in [0.5, 0.6) is 0 Å². The zero-order valence-electron chi connectivity index (χ0n) is 16.5. The van der Waals surface area contributed by atoms with Crippen molar-refractivity contribution in [3.05, 3.63) is 0 Å². The van der Waals surface area contributed by atoms with Gasteiger partial charge < -0.3 is 24.6 Å². The number of piperidine rings is 2. The molecular weight excluding hydrogens is 332 g/mol. The smallest absolute Gasteiger partial charge is 0.244 e. The first kappa shape index (κ1) is 21.0. The van der Waals surface area contributed by atoms with Gasteiger partial charge >= 0.3 is 0 Å². The molecule has 26 heavy (non-hydrogen) atoms. The van der Waals surface area contributed by atoms with Gasteiger partial charge in [0.25, 0.3) is 0 Å². The van der Waals surface area contributed by atoms with Gasteiger partial charge in [-0.05, 0) is 45.4 Å². The van der Waals surface area contributed by atoms with Gasteiger partial charge in [-0.15, -0.1) is 0 Å². The number of nitrogens with one attached hydrogen (secondary N) is 1. The lowest BCUT2D eigenvalue weighted by atomic mass is 10.1. The van der Waals surface area contributed by atoms with E-state index in [1.807, 2.05) is 4.90 Å². The highest BCUT2D eigenvalue weighted by Crippen LogP contribution is 2.14. The van der Waals surface area contributed by atoms with E-state index in [1.165, 1.54) is 6.42 Å². The molecule has 0 aromatic carbocycles. The summed E-state index contributed by atoms with van der Waals surface area (Å²) in [7, 11) is 1.72. The van der Waals surface area contributed by atoms with Gasteiger partial charge in [-0.25, -0.2) is 4.99 Å². The molecule has 0 saturated carbocycles. The average Bonchev–Trinajstić information content (AvgIpc) is 2.69. The molecule has 0 spiro atoms.